The van der Waals surface area contributed by atoms with Crippen molar-refractivity contribution < 1.29 is 38.8 Å². The molecule has 2 rings (SSSR count). The Morgan fingerprint density at radius 3 is 2.52 bits per heavy atom. The standard InChI is InChI=1S/C15H20O8/c1-6(2)12(17)23-10-8-7(13(18)21-4)5-22-14(19)9(8)15(3,20)11(10)16/h5-6,8-11,16,20H,1-4H3/t8-,9-,10+,11+,15-/m1/s1. The maximum Gasteiger partial charge on any atom is 0.337 e. The Labute approximate surface area is 133 Å². The number of methoxy groups -OCH3 is 1. The largest absolute Gasteiger partial charge is 0.466 e. The van der Waals surface area contributed by atoms with Crippen LogP contribution in [0.25, 0.3) is 0 Å². The molecular formula is C15H20O8. The number of ether oxygens (including phenoxy) is 3. The summed E-state index contributed by atoms with van der Waals surface area (Å²) in [4.78, 5) is 35.8. The Balaban J connectivity index is 2.46. The average Bonchev–Trinajstić information content (AvgIpc) is 2.68. The Kier molecular flexibility index (Phi) is 4.50. The molecule has 8 heteroatoms. The summed E-state index contributed by atoms with van der Waals surface area (Å²) in [6, 6.07) is 0. The summed E-state index contributed by atoms with van der Waals surface area (Å²) in [5, 5.41) is 20.9. The first-order valence-corrected chi connectivity index (χ1v) is 7.22. The Morgan fingerprint density at radius 2 is 2.00 bits per heavy atom. The van der Waals surface area contributed by atoms with Gasteiger partial charge in [0.1, 0.15) is 24.1 Å². The van der Waals surface area contributed by atoms with Gasteiger partial charge in [-0.05, 0) is 6.92 Å². The van der Waals surface area contributed by atoms with E-state index in [4.69, 9.17) is 9.47 Å². The molecule has 8 nitrogen and oxygen atoms in total. The van der Waals surface area contributed by atoms with Crippen LogP contribution in [0.5, 0.6) is 0 Å². The molecule has 128 valence electrons. The molecule has 1 saturated carbocycles. The van der Waals surface area contributed by atoms with E-state index in [0.717, 1.165) is 13.4 Å². The lowest BCUT2D eigenvalue weighted by atomic mass is 9.81. The number of carbonyl (C=O) groups is 3. The number of fused-ring (bicyclic) bond motifs is 1. The molecule has 1 fully saturated rings. The summed E-state index contributed by atoms with van der Waals surface area (Å²) in [7, 11) is 1.15. The second-order valence-electron chi connectivity index (χ2n) is 6.23. The fourth-order valence-corrected chi connectivity index (χ4v) is 2.99. The van der Waals surface area contributed by atoms with Crippen LogP contribution in [0, 0.1) is 17.8 Å². The van der Waals surface area contributed by atoms with Crippen LogP contribution in [0.4, 0.5) is 0 Å². The van der Waals surface area contributed by atoms with Gasteiger partial charge >= 0.3 is 17.9 Å². The van der Waals surface area contributed by atoms with E-state index in [9.17, 15) is 24.6 Å². The van der Waals surface area contributed by atoms with Crippen LogP contribution in [0.2, 0.25) is 0 Å². The van der Waals surface area contributed by atoms with Gasteiger partial charge in [-0.1, -0.05) is 13.8 Å². The minimum absolute atomic E-state index is 0.0736. The minimum atomic E-state index is -1.92. The van der Waals surface area contributed by atoms with Crippen LogP contribution in [0.1, 0.15) is 20.8 Å². The van der Waals surface area contributed by atoms with Gasteiger partial charge in [-0.2, -0.15) is 0 Å². The highest BCUT2D eigenvalue weighted by Crippen LogP contribution is 2.48. The molecule has 23 heavy (non-hydrogen) atoms. The number of cyclic esters (lactones) is 1. The second-order valence-corrected chi connectivity index (χ2v) is 6.23. The molecule has 0 bridgehead atoms. The first-order chi connectivity index (χ1) is 10.6. The zero-order chi connectivity index (χ0) is 17.5. The molecule has 0 aromatic carbocycles. The maximum atomic E-state index is 12.0. The molecule has 0 saturated heterocycles. The van der Waals surface area contributed by atoms with Crippen LogP contribution >= 0.6 is 0 Å². The highest BCUT2D eigenvalue weighted by Gasteiger charge is 2.65. The van der Waals surface area contributed by atoms with Crippen molar-refractivity contribution in [2.75, 3.05) is 7.11 Å². The van der Waals surface area contributed by atoms with Crippen molar-refractivity contribution >= 4 is 17.9 Å². The van der Waals surface area contributed by atoms with Gasteiger partial charge in [0.05, 0.1) is 30.4 Å². The van der Waals surface area contributed by atoms with E-state index in [1.807, 2.05) is 0 Å². The summed E-state index contributed by atoms with van der Waals surface area (Å²) in [6.07, 6.45) is -1.90. The molecule has 1 heterocycles. The van der Waals surface area contributed by atoms with E-state index in [2.05, 4.69) is 4.74 Å². The van der Waals surface area contributed by atoms with Crippen molar-refractivity contribution in [2.24, 2.45) is 17.8 Å². The van der Waals surface area contributed by atoms with Gasteiger partial charge < -0.3 is 24.4 Å². The summed E-state index contributed by atoms with van der Waals surface area (Å²) >= 11 is 0. The van der Waals surface area contributed by atoms with Gasteiger partial charge in [-0.3, -0.25) is 9.59 Å². The lowest BCUT2D eigenvalue weighted by Crippen LogP contribution is -2.46. The van der Waals surface area contributed by atoms with Gasteiger partial charge in [0, 0.05) is 0 Å². The van der Waals surface area contributed by atoms with Gasteiger partial charge in [0.2, 0.25) is 0 Å². The number of aliphatic hydroxyl groups is 2. The SMILES string of the molecule is COC(=O)C1=COC(=O)[C@H]2[C@@H]1[C@H](OC(=O)C(C)C)[C@H](O)[C@]2(C)O. The third-order valence-electron chi connectivity index (χ3n) is 4.31. The van der Waals surface area contributed by atoms with Crippen LogP contribution in [0.3, 0.4) is 0 Å². The van der Waals surface area contributed by atoms with Crippen molar-refractivity contribution in [3.05, 3.63) is 11.8 Å². The summed E-state index contributed by atoms with van der Waals surface area (Å²) in [5.74, 6) is -4.99. The number of carbonyl (C=O) groups excluding carboxylic acids is 3. The highest BCUT2D eigenvalue weighted by atomic mass is 16.6. The first kappa shape index (κ1) is 17.4. The molecule has 2 N–H and O–H groups in total. The Bertz CT molecular complexity index is 562. The number of rotatable bonds is 3. The van der Waals surface area contributed by atoms with Gasteiger partial charge in [0.25, 0.3) is 0 Å². The summed E-state index contributed by atoms with van der Waals surface area (Å²) < 4.78 is 14.7. The van der Waals surface area contributed by atoms with Gasteiger partial charge in [-0.25, -0.2) is 4.79 Å². The average molecular weight is 328 g/mol. The van der Waals surface area contributed by atoms with E-state index in [0.29, 0.717) is 0 Å². The molecule has 0 aromatic heterocycles. The van der Waals surface area contributed by atoms with Crippen LogP contribution in [0.15, 0.2) is 11.8 Å². The molecule has 1 aliphatic carbocycles. The number of hydrogen-bond acceptors (Lipinski definition) is 8. The van der Waals surface area contributed by atoms with Gasteiger partial charge in [-0.15, -0.1) is 0 Å². The van der Waals surface area contributed by atoms with Crippen molar-refractivity contribution in [1.82, 2.24) is 0 Å². The van der Waals surface area contributed by atoms with E-state index in [1.165, 1.54) is 6.92 Å². The first-order valence-electron chi connectivity index (χ1n) is 7.22. The quantitative estimate of drug-likeness (QED) is 0.527. The van der Waals surface area contributed by atoms with Crippen LogP contribution in [-0.4, -0.2) is 53.0 Å². The molecule has 0 spiro atoms. The molecular weight excluding hydrogens is 308 g/mol. The van der Waals surface area contributed by atoms with Crippen LogP contribution < -0.4 is 0 Å². The summed E-state index contributed by atoms with van der Waals surface area (Å²) in [6.45, 7) is 4.44. The normalized spacial score (nSPS) is 36.1. The molecule has 0 aromatic rings. The van der Waals surface area contributed by atoms with E-state index in [-0.39, 0.29) is 5.57 Å². The fraction of sp³-hybridized carbons (Fsp3) is 0.667. The molecule has 1 aliphatic heterocycles. The number of aliphatic hydroxyl groups excluding tert-OH is 1. The number of esters is 3. The zero-order valence-corrected chi connectivity index (χ0v) is 13.3. The number of hydrogen-bond donors (Lipinski definition) is 2. The van der Waals surface area contributed by atoms with Crippen molar-refractivity contribution in [3.8, 4) is 0 Å². The Morgan fingerprint density at radius 1 is 1.39 bits per heavy atom. The maximum absolute atomic E-state index is 12.0. The van der Waals surface area contributed by atoms with E-state index < -0.39 is 53.5 Å². The lowest BCUT2D eigenvalue weighted by Gasteiger charge is -2.30. The third-order valence-corrected chi connectivity index (χ3v) is 4.31. The molecule has 0 unspecified atom stereocenters. The topological polar surface area (TPSA) is 119 Å². The molecule has 2 aliphatic rings. The molecule has 5 atom stereocenters. The monoisotopic (exact) mass is 328 g/mol. The van der Waals surface area contributed by atoms with E-state index in [1.54, 1.807) is 13.8 Å². The van der Waals surface area contributed by atoms with Crippen molar-refractivity contribution in [1.29, 1.82) is 0 Å². The van der Waals surface area contributed by atoms with Crippen LogP contribution in [-0.2, 0) is 28.6 Å². The van der Waals surface area contributed by atoms with Crippen molar-refractivity contribution in [2.45, 2.75) is 38.6 Å². The lowest BCUT2D eigenvalue weighted by molar-refractivity contribution is -0.164. The Hall–Kier alpha value is -1.93. The highest BCUT2D eigenvalue weighted by molar-refractivity contribution is 5.93. The summed E-state index contributed by atoms with van der Waals surface area (Å²) in [5.41, 5.74) is -1.99. The van der Waals surface area contributed by atoms with Gasteiger partial charge in [0.15, 0.2) is 0 Å². The minimum Gasteiger partial charge on any atom is -0.466 e. The predicted molar refractivity (Wildman–Crippen MR) is 74.5 cm³/mol. The zero-order valence-electron chi connectivity index (χ0n) is 13.3. The molecule has 0 radical (unpaired) electrons. The molecule has 0 amide bonds. The van der Waals surface area contributed by atoms with E-state index >= 15 is 0 Å². The second kappa shape index (κ2) is 5.93. The fourth-order valence-electron chi connectivity index (χ4n) is 2.99. The third kappa shape index (κ3) is 2.72. The predicted octanol–water partition coefficient (Wildman–Crippen LogP) is -0.474. The van der Waals surface area contributed by atoms with Crippen molar-refractivity contribution in [3.63, 3.8) is 0 Å². The smallest absolute Gasteiger partial charge is 0.337 e.